The Morgan fingerprint density at radius 3 is 2.27 bits per heavy atom. The molecule has 0 fully saturated rings. The largest absolute Gasteiger partial charge is 0.487 e. The van der Waals surface area contributed by atoms with Crippen LogP contribution in [0.25, 0.3) is 0 Å². The molecule has 0 spiro atoms. The molecule has 0 saturated carbocycles. The number of carbonyl (C=O) groups is 1. The van der Waals surface area contributed by atoms with Gasteiger partial charge in [0.15, 0.2) is 5.78 Å². The van der Waals surface area contributed by atoms with Crippen LogP contribution in [-0.2, 0) is 19.6 Å². The van der Waals surface area contributed by atoms with Crippen LogP contribution >= 0.6 is 12.4 Å². The summed E-state index contributed by atoms with van der Waals surface area (Å²) in [4.78, 5) is 14.8. The molecule has 2 N–H and O–H groups in total. The number of hydrogen-bond acceptors (Lipinski definition) is 4. The average Bonchev–Trinajstić information content (AvgIpc) is 2.76. The van der Waals surface area contributed by atoms with Crippen molar-refractivity contribution in [3.8, 4) is 5.75 Å². The number of halogens is 1. The third-order valence-electron chi connectivity index (χ3n) is 5.43. The highest BCUT2D eigenvalue weighted by atomic mass is 35.5. The number of nitrogens with zero attached hydrogens (tertiary/aromatic N) is 1. The van der Waals surface area contributed by atoms with E-state index < -0.39 is 6.04 Å². The molecule has 1 unspecified atom stereocenters. The quantitative estimate of drug-likeness (QED) is 0.621. The first-order valence-corrected chi connectivity index (χ1v) is 10.0. The zero-order valence-corrected chi connectivity index (χ0v) is 17.9. The highest BCUT2D eigenvalue weighted by Gasteiger charge is 2.29. The number of ketones is 1. The van der Waals surface area contributed by atoms with E-state index in [1.807, 2.05) is 60.7 Å². The summed E-state index contributed by atoms with van der Waals surface area (Å²) >= 11 is 0. The van der Waals surface area contributed by atoms with Crippen molar-refractivity contribution in [2.75, 3.05) is 11.9 Å². The van der Waals surface area contributed by atoms with Crippen molar-refractivity contribution in [1.29, 1.82) is 0 Å². The number of fused-ring (bicyclic) bond motifs is 1. The van der Waals surface area contributed by atoms with Gasteiger partial charge in [-0.2, -0.15) is 0 Å². The van der Waals surface area contributed by atoms with E-state index in [1.54, 1.807) is 0 Å². The minimum Gasteiger partial charge on any atom is -0.487 e. The number of hydrogen-bond donors (Lipinski definition) is 1. The minimum absolute atomic E-state index is 0. The van der Waals surface area contributed by atoms with Crippen molar-refractivity contribution in [3.63, 3.8) is 0 Å². The number of nitrogens with two attached hydrogens (primary N) is 1. The van der Waals surface area contributed by atoms with Crippen molar-refractivity contribution >= 4 is 23.9 Å². The maximum Gasteiger partial charge on any atom is 0.179 e. The molecular formula is C25H27ClN2O2. The molecule has 30 heavy (non-hydrogen) atoms. The van der Waals surface area contributed by atoms with E-state index in [-0.39, 0.29) is 18.2 Å². The lowest BCUT2D eigenvalue weighted by Gasteiger charge is -2.30. The van der Waals surface area contributed by atoms with Gasteiger partial charge in [-0.25, -0.2) is 0 Å². The van der Waals surface area contributed by atoms with E-state index in [0.717, 1.165) is 41.1 Å². The van der Waals surface area contributed by atoms with Crippen molar-refractivity contribution < 1.29 is 9.53 Å². The SMILES string of the molecule is CN(Cc1ccccc1)c1c(OCc2ccccc2)ccc2c1CCC(N)C2=O.Cl. The van der Waals surface area contributed by atoms with Gasteiger partial charge in [0.25, 0.3) is 0 Å². The van der Waals surface area contributed by atoms with Crippen LogP contribution in [0.1, 0.15) is 33.5 Å². The van der Waals surface area contributed by atoms with Gasteiger partial charge in [0.05, 0.1) is 11.7 Å². The summed E-state index contributed by atoms with van der Waals surface area (Å²) in [5.74, 6) is 0.824. The van der Waals surface area contributed by atoms with Gasteiger partial charge in [0, 0.05) is 19.2 Å². The fourth-order valence-electron chi connectivity index (χ4n) is 3.94. The zero-order chi connectivity index (χ0) is 20.2. The van der Waals surface area contributed by atoms with E-state index in [1.165, 1.54) is 5.56 Å². The number of rotatable bonds is 6. The number of anilines is 1. The molecule has 3 aromatic carbocycles. The summed E-state index contributed by atoms with van der Waals surface area (Å²) in [7, 11) is 2.05. The minimum atomic E-state index is -0.411. The molecule has 3 aromatic rings. The Labute approximate surface area is 184 Å². The molecule has 0 bridgehead atoms. The van der Waals surface area contributed by atoms with Gasteiger partial charge in [-0.05, 0) is 41.7 Å². The normalized spacial score (nSPS) is 15.1. The smallest absolute Gasteiger partial charge is 0.179 e. The molecule has 0 radical (unpaired) electrons. The van der Waals surface area contributed by atoms with Gasteiger partial charge >= 0.3 is 0 Å². The molecule has 0 aromatic heterocycles. The molecule has 156 valence electrons. The highest BCUT2D eigenvalue weighted by molar-refractivity contribution is 6.04. The third kappa shape index (κ3) is 4.66. The molecule has 0 saturated heterocycles. The standard InChI is InChI=1S/C25H26N2O2.ClH/c1-27(16-18-8-4-2-5-9-18)24-20-12-14-22(26)25(28)21(20)13-15-23(24)29-17-19-10-6-3-7-11-19;/h2-11,13,15,22H,12,14,16-17,26H2,1H3;1H. The Kier molecular flexibility index (Phi) is 7.14. The van der Waals surface area contributed by atoms with Crippen LogP contribution in [0.3, 0.4) is 0 Å². The van der Waals surface area contributed by atoms with Gasteiger partial charge < -0.3 is 15.4 Å². The lowest BCUT2D eigenvalue weighted by molar-refractivity contribution is 0.0948. The number of benzene rings is 3. The van der Waals surface area contributed by atoms with Crippen molar-refractivity contribution in [3.05, 3.63) is 95.1 Å². The molecule has 5 heteroatoms. The molecule has 4 rings (SSSR count). The van der Waals surface area contributed by atoms with Crippen molar-refractivity contribution in [2.45, 2.75) is 32.0 Å². The molecule has 0 aliphatic heterocycles. The average molecular weight is 423 g/mol. The summed E-state index contributed by atoms with van der Waals surface area (Å²) in [6.07, 6.45) is 1.44. The first kappa shape index (κ1) is 21.9. The number of ether oxygens (including phenoxy) is 1. The summed E-state index contributed by atoms with van der Waals surface area (Å²) < 4.78 is 6.23. The Balaban J connectivity index is 0.00000256. The lowest BCUT2D eigenvalue weighted by atomic mass is 9.86. The predicted octanol–water partition coefficient (Wildman–Crippen LogP) is 4.78. The van der Waals surface area contributed by atoms with Crippen LogP contribution in [-0.4, -0.2) is 18.9 Å². The fraction of sp³-hybridized carbons (Fsp3) is 0.240. The number of Topliss-reactive ketones (excluding diaryl/α,β-unsaturated/α-hetero) is 1. The van der Waals surface area contributed by atoms with Gasteiger partial charge in [0.2, 0.25) is 0 Å². The van der Waals surface area contributed by atoms with Crippen LogP contribution in [0, 0.1) is 0 Å². The van der Waals surface area contributed by atoms with Crippen LogP contribution in [0.15, 0.2) is 72.8 Å². The van der Waals surface area contributed by atoms with Gasteiger partial charge in [0.1, 0.15) is 12.4 Å². The molecule has 0 amide bonds. The molecule has 0 heterocycles. The molecule has 1 aliphatic rings. The topological polar surface area (TPSA) is 55.6 Å². The van der Waals surface area contributed by atoms with E-state index in [2.05, 4.69) is 24.1 Å². The zero-order valence-electron chi connectivity index (χ0n) is 17.1. The van der Waals surface area contributed by atoms with E-state index >= 15 is 0 Å². The molecule has 4 nitrogen and oxygen atoms in total. The maximum atomic E-state index is 12.7. The predicted molar refractivity (Wildman–Crippen MR) is 124 cm³/mol. The van der Waals surface area contributed by atoms with Crippen LogP contribution in [0.4, 0.5) is 5.69 Å². The Bertz CT molecular complexity index is 993. The van der Waals surface area contributed by atoms with Crippen LogP contribution in [0.5, 0.6) is 5.75 Å². The van der Waals surface area contributed by atoms with Crippen LogP contribution < -0.4 is 15.4 Å². The van der Waals surface area contributed by atoms with Crippen LogP contribution in [0.2, 0.25) is 0 Å². The van der Waals surface area contributed by atoms with Gasteiger partial charge in [-0.3, -0.25) is 4.79 Å². The fourth-order valence-corrected chi connectivity index (χ4v) is 3.94. The monoisotopic (exact) mass is 422 g/mol. The van der Waals surface area contributed by atoms with Crippen molar-refractivity contribution in [1.82, 2.24) is 0 Å². The van der Waals surface area contributed by atoms with E-state index in [9.17, 15) is 4.79 Å². The second-order valence-electron chi connectivity index (χ2n) is 7.56. The second kappa shape index (κ2) is 9.79. The maximum absolute atomic E-state index is 12.7. The second-order valence-corrected chi connectivity index (χ2v) is 7.56. The first-order valence-electron chi connectivity index (χ1n) is 10.0. The molecular weight excluding hydrogens is 396 g/mol. The Morgan fingerprint density at radius 2 is 1.60 bits per heavy atom. The molecule has 1 aliphatic carbocycles. The number of carbonyl (C=O) groups excluding carboxylic acids is 1. The van der Waals surface area contributed by atoms with E-state index in [0.29, 0.717) is 13.0 Å². The highest BCUT2D eigenvalue weighted by Crippen LogP contribution is 2.38. The summed E-state index contributed by atoms with van der Waals surface area (Å²) in [6, 6.07) is 23.8. The van der Waals surface area contributed by atoms with Gasteiger partial charge in [-0.15, -0.1) is 12.4 Å². The summed E-state index contributed by atoms with van der Waals surface area (Å²) in [5, 5.41) is 0. The lowest BCUT2D eigenvalue weighted by Crippen LogP contribution is -2.36. The van der Waals surface area contributed by atoms with Gasteiger partial charge in [-0.1, -0.05) is 60.7 Å². The summed E-state index contributed by atoms with van der Waals surface area (Å²) in [6.45, 7) is 1.22. The molecule has 1 atom stereocenters. The van der Waals surface area contributed by atoms with E-state index in [4.69, 9.17) is 10.5 Å². The Morgan fingerprint density at radius 1 is 0.967 bits per heavy atom. The first-order chi connectivity index (χ1) is 14.1. The summed E-state index contributed by atoms with van der Waals surface area (Å²) in [5.41, 5.74) is 11.1. The van der Waals surface area contributed by atoms with Crippen molar-refractivity contribution in [2.24, 2.45) is 5.73 Å². The Hall–Kier alpha value is -2.82. The third-order valence-corrected chi connectivity index (χ3v) is 5.43.